The highest BCUT2D eigenvalue weighted by molar-refractivity contribution is 5.98. The maximum Gasteiger partial charge on any atom is 0.252 e. The zero-order chi connectivity index (χ0) is 13.4. The molecule has 18 heavy (non-hydrogen) atoms. The van der Waals surface area contributed by atoms with Gasteiger partial charge in [0.05, 0.1) is 30.7 Å². The van der Waals surface area contributed by atoms with Crippen molar-refractivity contribution in [3.05, 3.63) is 17.8 Å². The number of carbonyl (C=O) groups is 1. The van der Waals surface area contributed by atoms with Crippen LogP contribution in [0.2, 0.25) is 0 Å². The maximum absolute atomic E-state index is 11.2. The lowest BCUT2D eigenvalue weighted by Crippen LogP contribution is -2.17. The fourth-order valence-corrected chi connectivity index (χ4v) is 1.36. The van der Waals surface area contributed by atoms with E-state index in [0.29, 0.717) is 31.3 Å². The second-order valence-electron chi connectivity index (χ2n) is 3.65. The number of nitrogen functional groups attached to an aromatic ring is 1. The van der Waals surface area contributed by atoms with Crippen LogP contribution in [-0.4, -0.2) is 42.4 Å². The van der Waals surface area contributed by atoms with Crippen LogP contribution in [-0.2, 0) is 4.74 Å². The molecule has 6 N–H and O–H groups in total. The number of nitrogens with zero attached hydrogens (tertiary/aromatic N) is 1. The molecule has 0 radical (unpaired) electrons. The summed E-state index contributed by atoms with van der Waals surface area (Å²) in [6.07, 6.45) is 2.18. The molecule has 0 aromatic carbocycles. The topological polar surface area (TPSA) is 123 Å². The van der Waals surface area contributed by atoms with Gasteiger partial charge in [0.15, 0.2) is 0 Å². The highest BCUT2D eigenvalue weighted by atomic mass is 16.5. The molecule has 0 bridgehead atoms. The first-order chi connectivity index (χ1) is 8.65. The van der Waals surface area contributed by atoms with Gasteiger partial charge in [-0.15, -0.1) is 0 Å². The van der Waals surface area contributed by atoms with Gasteiger partial charge in [0, 0.05) is 13.2 Å². The Morgan fingerprint density at radius 1 is 1.50 bits per heavy atom. The third-order valence-electron chi connectivity index (χ3n) is 2.17. The quantitative estimate of drug-likeness (QED) is 0.467. The summed E-state index contributed by atoms with van der Waals surface area (Å²) in [7, 11) is 0. The molecule has 1 aromatic rings. The highest BCUT2D eigenvalue weighted by Gasteiger charge is 2.09. The SMILES string of the molecule is NC(=O)c1cc(N)cnc1NCCCOCCO. The van der Waals surface area contributed by atoms with Gasteiger partial charge in [-0.05, 0) is 12.5 Å². The second kappa shape index (κ2) is 7.46. The van der Waals surface area contributed by atoms with Gasteiger partial charge in [0.1, 0.15) is 5.82 Å². The van der Waals surface area contributed by atoms with Gasteiger partial charge in [-0.3, -0.25) is 4.79 Å². The van der Waals surface area contributed by atoms with E-state index in [0.717, 1.165) is 6.42 Å². The molecule has 0 aliphatic carbocycles. The zero-order valence-electron chi connectivity index (χ0n) is 10.1. The number of nitrogens with two attached hydrogens (primary N) is 2. The van der Waals surface area contributed by atoms with Crippen LogP contribution < -0.4 is 16.8 Å². The van der Waals surface area contributed by atoms with E-state index in [1.165, 1.54) is 12.3 Å². The van der Waals surface area contributed by atoms with E-state index in [4.69, 9.17) is 21.3 Å². The summed E-state index contributed by atoms with van der Waals surface area (Å²) in [5.74, 6) is -0.160. The number of hydrogen-bond acceptors (Lipinski definition) is 6. The Balaban J connectivity index is 2.44. The average molecular weight is 254 g/mol. The Bertz CT molecular complexity index is 398. The summed E-state index contributed by atoms with van der Waals surface area (Å²) < 4.78 is 5.10. The van der Waals surface area contributed by atoms with Crippen LogP contribution in [0, 0.1) is 0 Å². The number of amides is 1. The standard InChI is InChI=1S/C11H18N4O3/c12-8-6-9(10(13)17)11(15-7-8)14-2-1-4-18-5-3-16/h6-7,16H,1-5,12H2,(H2,13,17)(H,14,15). The molecule has 0 aliphatic heterocycles. The van der Waals surface area contributed by atoms with Crippen LogP contribution in [0.25, 0.3) is 0 Å². The predicted octanol–water partition coefficient (Wildman–Crippen LogP) is -0.426. The maximum atomic E-state index is 11.2. The van der Waals surface area contributed by atoms with E-state index < -0.39 is 5.91 Å². The van der Waals surface area contributed by atoms with Crippen molar-refractivity contribution in [1.82, 2.24) is 4.98 Å². The minimum atomic E-state index is -0.575. The fourth-order valence-electron chi connectivity index (χ4n) is 1.36. The number of rotatable bonds is 8. The Hall–Kier alpha value is -1.86. The number of aliphatic hydroxyl groups is 1. The van der Waals surface area contributed by atoms with Gasteiger partial charge in [-0.2, -0.15) is 0 Å². The molecule has 1 amide bonds. The Labute approximate surface area is 105 Å². The number of aliphatic hydroxyl groups excluding tert-OH is 1. The number of pyridine rings is 1. The van der Waals surface area contributed by atoms with E-state index in [1.807, 2.05) is 0 Å². The number of ether oxygens (including phenoxy) is 1. The summed E-state index contributed by atoms with van der Waals surface area (Å²) in [4.78, 5) is 15.2. The summed E-state index contributed by atoms with van der Waals surface area (Å²) >= 11 is 0. The summed E-state index contributed by atoms with van der Waals surface area (Å²) in [5, 5.41) is 11.5. The molecule has 1 heterocycles. The van der Waals surface area contributed by atoms with Crippen molar-refractivity contribution >= 4 is 17.4 Å². The number of aromatic nitrogens is 1. The minimum absolute atomic E-state index is 0.0127. The van der Waals surface area contributed by atoms with Crippen LogP contribution in [0.1, 0.15) is 16.8 Å². The molecule has 7 heteroatoms. The summed E-state index contributed by atoms with van der Waals surface area (Å²) in [6, 6.07) is 1.49. The third-order valence-corrected chi connectivity index (χ3v) is 2.17. The van der Waals surface area contributed by atoms with E-state index in [-0.39, 0.29) is 12.2 Å². The molecule has 0 spiro atoms. The minimum Gasteiger partial charge on any atom is -0.397 e. The number of primary amides is 1. The summed E-state index contributed by atoms with van der Waals surface area (Å²) in [5.41, 5.74) is 11.4. The van der Waals surface area contributed by atoms with Gasteiger partial charge in [-0.1, -0.05) is 0 Å². The normalized spacial score (nSPS) is 10.3. The zero-order valence-corrected chi connectivity index (χ0v) is 10.1. The molecule has 0 aliphatic rings. The monoisotopic (exact) mass is 254 g/mol. The largest absolute Gasteiger partial charge is 0.397 e. The lowest BCUT2D eigenvalue weighted by Gasteiger charge is -2.09. The molecule has 0 atom stereocenters. The molecule has 7 nitrogen and oxygen atoms in total. The van der Waals surface area contributed by atoms with Crippen LogP contribution in [0.5, 0.6) is 0 Å². The van der Waals surface area contributed by atoms with Gasteiger partial charge < -0.3 is 26.6 Å². The first kappa shape index (κ1) is 14.2. The second-order valence-corrected chi connectivity index (χ2v) is 3.65. The highest BCUT2D eigenvalue weighted by Crippen LogP contribution is 2.14. The third kappa shape index (κ3) is 4.56. The smallest absolute Gasteiger partial charge is 0.252 e. The van der Waals surface area contributed by atoms with Crippen LogP contribution in [0.15, 0.2) is 12.3 Å². The van der Waals surface area contributed by atoms with Crippen LogP contribution >= 0.6 is 0 Å². The van der Waals surface area contributed by atoms with Crippen molar-refractivity contribution in [2.24, 2.45) is 5.73 Å². The molecule has 0 saturated carbocycles. The van der Waals surface area contributed by atoms with Crippen molar-refractivity contribution < 1.29 is 14.6 Å². The number of hydrogen-bond donors (Lipinski definition) is 4. The molecule has 1 rings (SSSR count). The molecule has 100 valence electrons. The molecule has 0 saturated heterocycles. The Morgan fingerprint density at radius 3 is 2.94 bits per heavy atom. The Kier molecular flexibility index (Phi) is 5.89. The lowest BCUT2D eigenvalue weighted by molar-refractivity contribution is 0.0921. The predicted molar refractivity (Wildman–Crippen MR) is 68.2 cm³/mol. The fraction of sp³-hybridized carbons (Fsp3) is 0.455. The van der Waals surface area contributed by atoms with E-state index in [9.17, 15) is 4.79 Å². The van der Waals surface area contributed by atoms with Crippen molar-refractivity contribution in [3.8, 4) is 0 Å². The number of nitrogens with one attached hydrogen (secondary N) is 1. The number of anilines is 2. The van der Waals surface area contributed by atoms with Crippen molar-refractivity contribution in [2.75, 3.05) is 37.4 Å². The van der Waals surface area contributed by atoms with Crippen LogP contribution in [0.4, 0.5) is 11.5 Å². The first-order valence-electron chi connectivity index (χ1n) is 5.63. The average Bonchev–Trinajstić information content (AvgIpc) is 2.35. The van der Waals surface area contributed by atoms with Crippen LogP contribution in [0.3, 0.4) is 0 Å². The molecular weight excluding hydrogens is 236 g/mol. The number of carbonyl (C=O) groups excluding carboxylic acids is 1. The van der Waals surface area contributed by atoms with E-state index in [1.54, 1.807) is 0 Å². The molecular formula is C11H18N4O3. The van der Waals surface area contributed by atoms with Gasteiger partial charge >= 0.3 is 0 Å². The van der Waals surface area contributed by atoms with Gasteiger partial charge in [-0.25, -0.2) is 4.98 Å². The lowest BCUT2D eigenvalue weighted by atomic mass is 10.2. The van der Waals surface area contributed by atoms with Gasteiger partial charge in [0.2, 0.25) is 0 Å². The van der Waals surface area contributed by atoms with Crippen molar-refractivity contribution in [1.29, 1.82) is 0 Å². The van der Waals surface area contributed by atoms with E-state index >= 15 is 0 Å². The van der Waals surface area contributed by atoms with Gasteiger partial charge in [0.25, 0.3) is 5.91 Å². The van der Waals surface area contributed by atoms with Crippen molar-refractivity contribution in [2.45, 2.75) is 6.42 Å². The molecule has 0 fully saturated rings. The first-order valence-corrected chi connectivity index (χ1v) is 5.63. The Morgan fingerprint density at radius 2 is 2.28 bits per heavy atom. The summed E-state index contributed by atoms with van der Waals surface area (Å²) in [6.45, 7) is 1.45. The molecule has 1 aromatic heterocycles. The van der Waals surface area contributed by atoms with Crippen molar-refractivity contribution in [3.63, 3.8) is 0 Å². The van der Waals surface area contributed by atoms with E-state index in [2.05, 4.69) is 10.3 Å². The molecule has 0 unspecified atom stereocenters.